The normalized spacial score (nSPS) is 22.0. The summed E-state index contributed by atoms with van der Waals surface area (Å²) >= 11 is 0. The first-order valence-electron chi connectivity index (χ1n) is 12.9. The highest BCUT2D eigenvalue weighted by Gasteiger charge is 2.43. The zero-order valence-corrected chi connectivity index (χ0v) is 23.1. The molecule has 2 saturated heterocycles. The van der Waals surface area contributed by atoms with E-state index in [0.717, 1.165) is 43.4 Å². The van der Waals surface area contributed by atoms with Crippen molar-refractivity contribution in [3.63, 3.8) is 0 Å². The van der Waals surface area contributed by atoms with Gasteiger partial charge >= 0.3 is 0 Å². The molecule has 1 aromatic rings. The number of unbranched alkanes of at least 4 members (excludes halogenated alkanes) is 1. The molecule has 1 N–H and O–H groups in total. The number of hydrogen-bond donors (Lipinski definition) is 1. The number of sulfonamides is 1. The molecule has 2 heterocycles. The second kappa shape index (κ2) is 10.3. The fourth-order valence-electron chi connectivity index (χ4n) is 5.89. The second-order valence-corrected chi connectivity index (χ2v) is 13.7. The summed E-state index contributed by atoms with van der Waals surface area (Å²) in [6.07, 6.45) is 5.09. The van der Waals surface area contributed by atoms with E-state index in [1.54, 1.807) is 16.4 Å². The van der Waals surface area contributed by atoms with Gasteiger partial charge in [-0.15, -0.1) is 0 Å². The summed E-state index contributed by atoms with van der Waals surface area (Å²) in [5, 5.41) is 3.73. The highest BCUT2D eigenvalue weighted by Crippen LogP contribution is 2.34. The molecule has 0 saturated carbocycles. The smallest absolute Gasteiger partial charge is 0.243 e. The SMILES string of the molecule is CCCCN(C(=O)C1CCN(S(=O)(=O)c2ccc(C)c(C)c2)CC1)C1CC(C)(C)NC(C)(C)C1. The van der Waals surface area contributed by atoms with Crippen LogP contribution in [0.3, 0.4) is 0 Å². The quantitative estimate of drug-likeness (QED) is 0.603. The number of rotatable bonds is 7. The Morgan fingerprint density at radius 3 is 2.18 bits per heavy atom. The number of amides is 1. The van der Waals surface area contributed by atoms with E-state index in [0.29, 0.717) is 30.8 Å². The molecule has 192 valence electrons. The third-order valence-corrected chi connectivity index (χ3v) is 9.46. The summed E-state index contributed by atoms with van der Waals surface area (Å²) in [7, 11) is -3.54. The van der Waals surface area contributed by atoms with Gasteiger partial charge in [0.2, 0.25) is 15.9 Å². The van der Waals surface area contributed by atoms with Gasteiger partial charge in [-0.3, -0.25) is 4.79 Å². The molecule has 6 nitrogen and oxygen atoms in total. The largest absolute Gasteiger partial charge is 0.339 e. The van der Waals surface area contributed by atoms with Crippen molar-refractivity contribution in [1.29, 1.82) is 0 Å². The maximum atomic E-state index is 13.8. The van der Waals surface area contributed by atoms with E-state index in [9.17, 15) is 13.2 Å². The average molecular weight is 492 g/mol. The minimum absolute atomic E-state index is 0.0270. The van der Waals surface area contributed by atoms with Crippen molar-refractivity contribution >= 4 is 15.9 Å². The summed E-state index contributed by atoms with van der Waals surface area (Å²) in [6.45, 7) is 16.6. The molecule has 0 unspecified atom stereocenters. The van der Waals surface area contributed by atoms with Crippen LogP contribution >= 0.6 is 0 Å². The Morgan fingerprint density at radius 2 is 1.65 bits per heavy atom. The fourth-order valence-corrected chi connectivity index (χ4v) is 7.45. The number of hydrogen-bond acceptors (Lipinski definition) is 4. The van der Waals surface area contributed by atoms with Gasteiger partial charge < -0.3 is 10.2 Å². The van der Waals surface area contributed by atoms with Gasteiger partial charge in [0.25, 0.3) is 0 Å². The van der Waals surface area contributed by atoms with Crippen LogP contribution in [0.15, 0.2) is 23.1 Å². The molecule has 0 aliphatic carbocycles. The maximum absolute atomic E-state index is 13.8. The average Bonchev–Trinajstić information content (AvgIpc) is 2.73. The third-order valence-electron chi connectivity index (χ3n) is 7.56. The van der Waals surface area contributed by atoms with Crippen LogP contribution in [0.25, 0.3) is 0 Å². The van der Waals surface area contributed by atoms with Gasteiger partial charge in [-0.2, -0.15) is 4.31 Å². The molecule has 0 radical (unpaired) electrons. The number of carbonyl (C=O) groups excluding carboxylic acids is 1. The molecule has 34 heavy (non-hydrogen) atoms. The number of carbonyl (C=O) groups is 1. The van der Waals surface area contributed by atoms with Crippen molar-refractivity contribution in [2.45, 2.75) is 109 Å². The van der Waals surface area contributed by atoms with Crippen LogP contribution in [-0.4, -0.2) is 60.3 Å². The number of aryl methyl sites for hydroxylation is 2. The molecule has 0 bridgehead atoms. The molecule has 0 atom stereocenters. The molecule has 7 heteroatoms. The molecule has 2 fully saturated rings. The van der Waals surface area contributed by atoms with Gasteiger partial charge in [-0.05, 0) is 96.9 Å². The van der Waals surface area contributed by atoms with E-state index >= 15 is 0 Å². The van der Waals surface area contributed by atoms with Gasteiger partial charge in [-0.1, -0.05) is 19.4 Å². The Labute approximate surface area is 207 Å². The zero-order chi connectivity index (χ0) is 25.3. The lowest BCUT2D eigenvalue weighted by Crippen LogP contribution is -2.63. The van der Waals surface area contributed by atoms with Gasteiger partial charge in [0, 0.05) is 42.7 Å². The predicted octanol–water partition coefficient (Wildman–Crippen LogP) is 4.64. The molecule has 2 aliphatic rings. The van der Waals surface area contributed by atoms with Crippen molar-refractivity contribution in [1.82, 2.24) is 14.5 Å². The first-order chi connectivity index (χ1) is 15.8. The van der Waals surface area contributed by atoms with Crippen LogP contribution in [0.4, 0.5) is 0 Å². The second-order valence-electron chi connectivity index (χ2n) is 11.8. The lowest BCUT2D eigenvalue weighted by Gasteiger charge is -2.50. The number of benzene rings is 1. The Balaban J connectivity index is 1.72. The van der Waals surface area contributed by atoms with Crippen LogP contribution in [0, 0.1) is 19.8 Å². The summed E-state index contributed by atoms with van der Waals surface area (Å²) in [4.78, 5) is 16.3. The van der Waals surface area contributed by atoms with Crippen LogP contribution in [-0.2, 0) is 14.8 Å². The highest BCUT2D eigenvalue weighted by molar-refractivity contribution is 7.89. The van der Waals surface area contributed by atoms with Crippen molar-refractivity contribution < 1.29 is 13.2 Å². The summed E-state index contributed by atoms with van der Waals surface area (Å²) in [6, 6.07) is 5.53. The monoisotopic (exact) mass is 491 g/mol. The molecule has 0 spiro atoms. The Morgan fingerprint density at radius 1 is 1.06 bits per heavy atom. The van der Waals surface area contributed by atoms with E-state index in [2.05, 4.69) is 44.8 Å². The van der Waals surface area contributed by atoms with Gasteiger partial charge in [-0.25, -0.2) is 8.42 Å². The standard InChI is InChI=1S/C27H45N3O3S/c1-8-9-14-30(23-18-26(4,5)28-27(6,7)19-23)25(31)22-12-15-29(16-13-22)34(32,33)24-11-10-20(2)21(3)17-24/h10-11,17,22-23,28H,8-9,12-16,18-19H2,1-7H3. The number of nitrogens with one attached hydrogen (secondary N) is 1. The molecular weight excluding hydrogens is 446 g/mol. The molecule has 3 rings (SSSR count). The Bertz CT molecular complexity index is 963. The minimum atomic E-state index is -3.54. The van der Waals surface area contributed by atoms with E-state index in [4.69, 9.17) is 0 Å². The minimum Gasteiger partial charge on any atom is -0.339 e. The van der Waals surface area contributed by atoms with Crippen molar-refractivity contribution in [2.24, 2.45) is 5.92 Å². The predicted molar refractivity (Wildman–Crippen MR) is 138 cm³/mol. The van der Waals surface area contributed by atoms with E-state index in [1.165, 1.54) is 0 Å². The van der Waals surface area contributed by atoms with Crippen molar-refractivity contribution in [3.05, 3.63) is 29.3 Å². The third kappa shape index (κ3) is 6.21. The number of piperidine rings is 2. The van der Waals surface area contributed by atoms with Crippen LogP contribution < -0.4 is 5.32 Å². The summed E-state index contributed by atoms with van der Waals surface area (Å²) in [5.74, 6) is 0.111. The molecule has 1 aromatic carbocycles. The summed E-state index contributed by atoms with van der Waals surface area (Å²) in [5.41, 5.74) is 2.01. The fraction of sp³-hybridized carbons (Fsp3) is 0.741. The van der Waals surface area contributed by atoms with E-state index < -0.39 is 10.0 Å². The van der Waals surface area contributed by atoms with E-state index in [1.807, 2.05) is 19.9 Å². The summed E-state index contributed by atoms with van der Waals surface area (Å²) < 4.78 is 28.0. The zero-order valence-electron chi connectivity index (χ0n) is 22.3. The van der Waals surface area contributed by atoms with E-state index in [-0.39, 0.29) is 28.9 Å². The first kappa shape index (κ1) is 27.2. The first-order valence-corrected chi connectivity index (χ1v) is 14.4. The number of nitrogens with zero attached hydrogens (tertiary/aromatic N) is 2. The van der Waals surface area contributed by atoms with Gasteiger partial charge in [0.1, 0.15) is 0 Å². The Hall–Kier alpha value is -1.44. The molecule has 2 aliphatic heterocycles. The maximum Gasteiger partial charge on any atom is 0.243 e. The molecule has 1 amide bonds. The lowest BCUT2D eigenvalue weighted by molar-refractivity contribution is -0.141. The topological polar surface area (TPSA) is 69.7 Å². The van der Waals surface area contributed by atoms with Crippen LogP contribution in [0.1, 0.15) is 84.3 Å². The van der Waals surface area contributed by atoms with Crippen molar-refractivity contribution in [2.75, 3.05) is 19.6 Å². The Kier molecular flexibility index (Phi) is 8.21. The molecular formula is C27H45N3O3S. The highest BCUT2D eigenvalue weighted by atomic mass is 32.2. The van der Waals surface area contributed by atoms with Gasteiger partial charge in [0.05, 0.1) is 4.90 Å². The van der Waals surface area contributed by atoms with Crippen LogP contribution in [0.2, 0.25) is 0 Å². The lowest BCUT2D eigenvalue weighted by atomic mass is 9.78. The molecule has 0 aromatic heterocycles. The van der Waals surface area contributed by atoms with Gasteiger partial charge in [0.15, 0.2) is 0 Å². The van der Waals surface area contributed by atoms with Crippen LogP contribution in [0.5, 0.6) is 0 Å². The van der Waals surface area contributed by atoms with Crippen molar-refractivity contribution in [3.8, 4) is 0 Å².